The number of rotatable bonds is 6. The van der Waals surface area contributed by atoms with E-state index in [0.717, 1.165) is 44.5 Å². The average molecular weight is 312 g/mol. The zero-order chi connectivity index (χ0) is 14.7. The first-order chi connectivity index (χ1) is 10.2. The van der Waals surface area contributed by atoms with Gasteiger partial charge in [-0.25, -0.2) is 13.1 Å². The maximum Gasteiger partial charge on any atom is 0.214 e. The molecule has 0 amide bonds. The molecule has 5 nitrogen and oxygen atoms in total. The van der Waals surface area contributed by atoms with E-state index in [4.69, 9.17) is 4.42 Å². The molecule has 1 unspecified atom stereocenters. The van der Waals surface area contributed by atoms with Gasteiger partial charge in [-0.05, 0) is 50.9 Å². The summed E-state index contributed by atoms with van der Waals surface area (Å²) in [6, 6.07) is 3.81. The first-order valence-electron chi connectivity index (χ1n) is 7.93. The van der Waals surface area contributed by atoms with Gasteiger partial charge in [-0.2, -0.15) is 0 Å². The third-order valence-corrected chi connectivity index (χ3v) is 6.59. The molecular formula is C15H24N2O3S. The molecule has 0 aromatic carbocycles. The fraction of sp³-hybridized carbons (Fsp3) is 0.733. The molecule has 1 aromatic rings. The first-order valence-corrected chi connectivity index (χ1v) is 9.47. The molecular weight excluding hydrogens is 288 g/mol. The van der Waals surface area contributed by atoms with Crippen molar-refractivity contribution in [2.24, 2.45) is 0 Å². The topological polar surface area (TPSA) is 62.6 Å². The van der Waals surface area contributed by atoms with Crippen LogP contribution < -0.4 is 4.72 Å². The minimum Gasteiger partial charge on any atom is -0.468 e. The molecule has 1 aromatic heterocycles. The maximum atomic E-state index is 12.4. The van der Waals surface area contributed by atoms with Gasteiger partial charge in [0.1, 0.15) is 5.76 Å². The fourth-order valence-electron chi connectivity index (χ4n) is 3.46. The molecule has 2 aliphatic rings. The molecule has 0 radical (unpaired) electrons. The molecule has 1 aliphatic heterocycles. The number of sulfonamides is 1. The average Bonchev–Trinajstić information content (AvgIpc) is 3.23. The van der Waals surface area contributed by atoms with Gasteiger partial charge >= 0.3 is 0 Å². The Bertz CT molecular complexity index is 529. The summed E-state index contributed by atoms with van der Waals surface area (Å²) >= 11 is 0. The van der Waals surface area contributed by atoms with Crippen molar-refractivity contribution in [1.82, 2.24) is 9.62 Å². The van der Waals surface area contributed by atoms with E-state index in [9.17, 15) is 8.42 Å². The summed E-state index contributed by atoms with van der Waals surface area (Å²) < 4.78 is 33.1. The van der Waals surface area contributed by atoms with Crippen molar-refractivity contribution in [3.05, 3.63) is 24.2 Å². The molecule has 21 heavy (non-hydrogen) atoms. The quantitative estimate of drug-likeness (QED) is 0.875. The summed E-state index contributed by atoms with van der Waals surface area (Å²) in [5, 5.41) is -0.201. The highest BCUT2D eigenvalue weighted by atomic mass is 32.2. The zero-order valence-corrected chi connectivity index (χ0v) is 13.1. The van der Waals surface area contributed by atoms with Crippen LogP contribution in [0.5, 0.6) is 0 Å². The highest BCUT2D eigenvalue weighted by Crippen LogP contribution is 2.27. The van der Waals surface area contributed by atoms with Gasteiger partial charge in [-0.15, -0.1) is 0 Å². The zero-order valence-electron chi connectivity index (χ0n) is 12.3. The van der Waals surface area contributed by atoms with Gasteiger partial charge in [-0.1, -0.05) is 12.8 Å². The Morgan fingerprint density at radius 2 is 1.95 bits per heavy atom. The number of hydrogen-bond donors (Lipinski definition) is 1. The summed E-state index contributed by atoms with van der Waals surface area (Å²) in [5.74, 6) is 0.853. The third kappa shape index (κ3) is 3.49. The van der Waals surface area contributed by atoms with Crippen LogP contribution in [0, 0.1) is 0 Å². The molecule has 3 rings (SSSR count). The lowest BCUT2D eigenvalue weighted by molar-refractivity contribution is 0.216. The Morgan fingerprint density at radius 3 is 2.57 bits per heavy atom. The second-order valence-electron chi connectivity index (χ2n) is 6.07. The van der Waals surface area contributed by atoms with Gasteiger partial charge in [0.25, 0.3) is 0 Å². The largest absolute Gasteiger partial charge is 0.468 e. The van der Waals surface area contributed by atoms with Crippen LogP contribution in [0.15, 0.2) is 22.8 Å². The second-order valence-corrected chi connectivity index (χ2v) is 8.12. The normalized spacial score (nSPS) is 22.9. The highest BCUT2D eigenvalue weighted by molar-refractivity contribution is 7.90. The summed E-state index contributed by atoms with van der Waals surface area (Å²) in [4.78, 5) is 2.32. The van der Waals surface area contributed by atoms with E-state index in [-0.39, 0.29) is 11.3 Å². The maximum absolute atomic E-state index is 12.4. The number of hydrogen-bond acceptors (Lipinski definition) is 4. The number of furan rings is 1. The summed E-state index contributed by atoms with van der Waals surface area (Å²) in [5.41, 5.74) is 0. The lowest BCUT2D eigenvalue weighted by Gasteiger charge is -2.26. The lowest BCUT2D eigenvalue weighted by Crippen LogP contribution is -2.40. The van der Waals surface area contributed by atoms with Gasteiger partial charge in [0, 0.05) is 6.54 Å². The monoisotopic (exact) mass is 312 g/mol. The van der Waals surface area contributed by atoms with Crippen molar-refractivity contribution < 1.29 is 12.8 Å². The molecule has 2 fully saturated rings. The number of nitrogens with one attached hydrogen (secondary N) is 1. The van der Waals surface area contributed by atoms with Crippen LogP contribution >= 0.6 is 0 Å². The fourth-order valence-corrected chi connectivity index (χ4v) is 5.04. The predicted molar refractivity (Wildman–Crippen MR) is 81.4 cm³/mol. The molecule has 2 heterocycles. The molecule has 118 valence electrons. The predicted octanol–water partition coefficient (Wildman–Crippen LogP) is 2.28. The van der Waals surface area contributed by atoms with Crippen molar-refractivity contribution in [2.45, 2.75) is 49.8 Å². The van der Waals surface area contributed by atoms with E-state index >= 15 is 0 Å². The van der Waals surface area contributed by atoms with E-state index in [1.54, 1.807) is 6.26 Å². The molecule has 6 heteroatoms. The van der Waals surface area contributed by atoms with Crippen LogP contribution in [-0.4, -0.2) is 38.2 Å². The second kappa shape index (κ2) is 6.50. The Morgan fingerprint density at radius 1 is 1.24 bits per heavy atom. The van der Waals surface area contributed by atoms with E-state index in [1.807, 2.05) is 12.1 Å². The Balaban J connectivity index is 1.67. The molecule has 1 atom stereocenters. The molecule has 0 bridgehead atoms. The molecule has 1 aliphatic carbocycles. The summed E-state index contributed by atoms with van der Waals surface area (Å²) in [7, 11) is -3.19. The Labute approximate surface area is 126 Å². The van der Waals surface area contributed by atoms with Gasteiger partial charge in [0.2, 0.25) is 10.0 Å². The van der Waals surface area contributed by atoms with Crippen LogP contribution in [0.4, 0.5) is 0 Å². The Hall–Kier alpha value is -0.850. The minimum atomic E-state index is -3.19. The standard InChI is InChI=1S/C15H24N2O3S/c18-21(19,13-6-1-2-7-13)16-12-14(15-8-5-11-20-15)17-9-3-4-10-17/h5,8,11,13-14,16H,1-4,6-7,9-10,12H2. The minimum absolute atomic E-state index is 0.0127. The van der Waals surface area contributed by atoms with Gasteiger partial charge < -0.3 is 4.42 Å². The van der Waals surface area contributed by atoms with Crippen LogP contribution in [-0.2, 0) is 10.0 Å². The van der Waals surface area contributed by atoms with E-state index in [0.29, 0.717) is 6.54 Å². The van der Waals surface area contributed by atoms with Gasteiger partial charge in [-0.3, -0.25) is 4.90 Å². The van der Waals surface area contributed by atoms with Crippen LogP contribution in [0.3, 0.4) is 0 Å². The van der Waals surface area contributed by atoms with Crippen LogP contribution in [0.1, 0.15) is 50.3 Å². The first kappa shape index (κ1) is 15.1. The highest BCUT2D eigenvalue weighted by Gasteiger charge is 2.31. The van der Waals surface area contributed by atoms with Crippen molar-refractivity contribution in [3.63, 3.8) is 0 Å². The SMILES string of the molecule is O=S(=O)(NCC(c1ccco1)N1CCCC1)C1CCCC1. The molecule has 1 N–H and O–H groups in total. The van der Waals surface area contributed by atoms with Crippen molar-refractivity contribution in [3.8, 4) is 0 Å². The van der Waals surface area contributed by atoms with E-state index in [2.05, 4.69) is 9.62 Å². The van der Waals surface area contributed by atoms with Crippen molar-refractivity contribution in [1.29, 1.82) is 0 Å². The van der Waals surface area contributed by atoms with Crippen LogP contribution in [0.25, 0.3) is 0 Å². The smallest absolute Gasteiger partial charge is 0.214 e. The number of nitrogens with zero attached hydrogens (tertiary/aromatic N) is 1. The number of likely N-dealkylation sites (tertiary alicyclic amines) is 1. The van der Waals surface area contributed by atoms with Crippen molar-refractivity contribution >= 4 is 10.0 Å². The van der Waals surface area contributed by atoms with Gasteiger partial charge in [0.05, 0.1) is 17.6 Å². The Kier molecular flexibility index (Phi) is 4.66. The molecule has 1 saturated heterocycles. The third-order valence-electron chi connectivity index (χ3n) is 4.67. The summed E-state index contributed by atoms with van der Waals surface area (Å²) in [6.45, 7) is 2.43. The molecule has 0 spiro atoms. The lowest BCUT2D eigenvalue weighted by atomic mass is 10.2. The van der Waals surface area contributed by atoms with E-state index < -0.39 is 10.0 Å². The molecule has 1 saturated carbocycles. The van der Waals surface area contributed by atoms with E-state index in [1.165, 1.54) is 12.8 Å². The van der Waals surface area contributed by atoms with Crippen molar-refractivity contribution in [2.75, 3.05) is 19.6 Å². The van der Waals surface area contributed by atoms with Gasteiger partial charge in [0.15, 0.2) is 0 Å². The van der Waals surface area contributed by atoms with Crippen LogP contribution in [0.2, 0.25) is 0 Å². The summed E-state index contributed by atoms with van der Waals surface area (Å²) in [6.07, 6.45) is 7.65.